The van der Waals surface area contributed by atoms with Gasteiger partial charge in [0.05, 0.1) is 34.0 Å². The number of nitrogens with one attached hydrogen (secondary N) is 1. The SMILES string of the molecule is CCc1nn(CC(C)(C)COC(=O)c2ccc(S(C)(=O)=O)cc2)c2c1C(=O)NCC1(CCOCC1)C2. The van der Waals surface area contributed by atoms with Crippen molar-refractivity contribution in [3.8, 4) is 0 Å². The lowest BCUT2D eigenvalue weighted by Gasteiger charge is -2.36. The molecule has 2 aromatic rings. The van der Waals surface area contributed by atoms with Gasteiger partial charge in [0.2, 0.25) is 0 Å². The third kappa shape index (κ3) is 5.64. The summed E-state index contributed by atoms with van der Waals surface area (Å²) in [6, 6.07) is 5.72. The van der Waals surface area contributed by atoms with E-state index >= 15 is 0 Å². The zero-order valence-corrected chi connectivity index (χ0v) is 22.2. The molecule has 1 saturated heterocycles. The van der Waals surface area contributed by atoms with E-state index in [2.05, 4.69) is 5.32 Å². The highest BCUT2D eigenvalue weighted by Gasteiger charge is 2.40. The Labute approximate surface area is 212 Å². The number of aryl methyl sites for hydroxylation is 1. The van der Waals surface area contributed by atoms with Gasteiger partial charge in [-0.3, -0.25) is 9.48 Å². The van der Waals surface area contributed by atoms with Crippen molar-refractivity contribution in [1.29, 1.82) is 0 Å². The summed E-state index contributed by atoms with van der Waals surface area (Å²) in [6.07, 6.45) is 4.30. The van der Waals surface area contributed by atoms with Crippen LogP contribution in [0.5, 0.6) is 0 Å². The molecule has 1 fully saturated rings. The second kappa shape index (κ2) is 9.97. The van der Waals surface area contributed by atoms with Gasteiger partial charge >= 0.3 is 5.97 Å². The first kappa shape index (κ1) is 26.3. The molecule has 4 rings (SSSR count). The number of carbonyl (C=O) groups excluding carboxylic acids is 2. The number of aromatic nitrogens is 2. The predicted octanol–water partition coefficient (Wildman–Crippen LogP) is 2.81. The largest absolute Gasteiger partial charge is 0.461 e. The van der Waals surface area contributed by atoms with Crippen LogP contribution in [0, 0.1) is 10.8 Å². The minimum atomic E-state index is -3.34. The Balaban J connectivity index is 1.51. The van der Waals surface area contributed by atoms with Crippen LogP contribution in [0.2, 0.25) is 0 Å². The second-order valence-corrected chi connectivity index (χ2v) is 12.8. The summed E-state index contributed by atoms with van der Waals surface area (Å²) in [7, 11) is -3.34. The lowest BCUT2D eigenvalue weighted by atomic mass is 9.76. The third-order valence-electron chi connectivity index (χ3n) is 7.10. The molecule has 1 aromatic heterocycles. The molecule has 36 heavy (non-hydrogen) atoms. The van der Waals surface area contributed by atoms with Crippen LogP contribution in [0.1, 0.15) is 65.7 Å². The zero-order chi connectivity index (χ0) is 26.1. The van der Waals surface area contributed by atoms with Crippen molar-refractivity contribution in [1.82, 2.24) is 15.1 Å². The molecule has 1 spiro atoms. The van der Waals surface area contributed by atoms with Crippen LogP contribution in [0.4, 0.5) is 0 Å². The average Bonchev–Trinajstić information content (AvgIpc) is 3.09. The Hall–Kier alpha value is -2.72. The molecule has 0 atom stereocenters. The lowest BCUT2D eigenvalue weighted by molar-refractivity contribution is 0.0145. The fraction of sp³-hybridized carbons (Fsp3) is 0.577. The zero-order valence-electron chi connectivity index (χ0n) is 21.4. The minimum Gasteiger partial charge on any atom is -0.461 e. The van der Waals surface area contributed by atoms with E-state index in [4.69, 9.17) is 14.6 Å². The van der Waals surface area contributed by atoms with Crippen LogP contribution in [-0.4, -0.2) is 62.7 Å². The van der Waals surface area contributed by atoms with Crippen LogP contribution in [-0.2, 0) is 38.7 Å². The highest BCUT2D eigenvalue weighted by molar-refractivity contribution is 7.90. The number of rotatable bonds is 7. The van der Waals surface area contributed by atoms with Crippen LogP contribution < -0.4 is 5.32 Å². The molecule has 0 bridgehead atoms. The summed E-state index contributed by atoms with van der Waals surface area (Å²) >= 11 is 0. The molecule has 9 nitrogen and oxygen atoms in total. The lowest BCUT2D eigenvalue weighted by Crippen LogP contribution is -2.41. The van der Waals surface area contributed by atoms with Crippen molar-refractivity contribution in [2.45, 2.75) is 57.9 Å². The Morgan fingerprint density at radius 3 is 2.50 bits per heavy atom. The summed E-state index contributed by atoms with van der Waals surface area (Å²) in [5.74, 6) is -0.588. The Morgan fingerprint density at radius 1 is 1.22 bits per heavy atom. The van der Waals surface area contributed by atoms with E-state index in [0.29, 0.717) is 38.3 Å². The highest BCUT2D eigenvalue weighted by atomic mass is 32.2. The van der Waals surface area contributed by atoms with E-state index in [-0.39, 0.29) is 28.4 Å². The molecule has 0 radical (unpaired) electrons. The number of benzene rings is 1. The number of fused-ring (bicyclic) bond motifs is 1. The van der Waals surface area contributed by atoms with Gasteiger partial charge in [-0.1, -0.05) is 20.8 Å². The molecule has 196 valence electrons. The van der Waals surface area contributed by atoms with E-state index < -0.39 is 21.2 Å². The number of ether oxygens (including phenoxy) is 2. The van der Waals surface area contributed by atoms with Gasteiger partial charge in [0.1, 0.15) is 0 Å². The van der Waals surface area contributed by atoms with Gasteiger partial charge < -0.3 is 14.8 Å². The first-order chi connectivity index (χ1) is 16.9. The molecular weight excluding hydrogens is 482 g/mol. The first-order valence-corrected chi connectivity index (χ1v) is 14.2. The van der Waals surface area contributed by atoms with Gasteiger partial charge in [0.15, 0.2) is 9.84 Å². The number of nitrogens with zero attached hydrogens (tertiary/aromatic N) is 2. The van der Waals surface area contributed by atoms with Gasteiger partial charge in [-0.15, -0.1) is 0 Å². The van der Waals surface area contributed by atoms with Crippen molar-refractivity contribution in [3.63, 3.8) is 0 Å². The second-order valence-electron chi connectivity index (χ2n) is 10.8. The predicted molar refractivity (Wildman–Crippen MR) is 134 cm³/mol. The van der Waals surface area contributed by atoms with Gasteiger partial charge in [0.25, 0.3) is 5.91 Å². The molecule has 1 aromatic carbocycles. The molecule has 2 aliphatic heterocycles. The minimum absolute atomic E-state index is 0.0449. The van der Waals surface area contributed by atoms with Crippen molar-refractivity contribution in [2.75, 3.05) is 32.6 Å². The smallest absolute Gasteiger partial charge is 0.338 e. The fourth-order valence-electron chi connectivity index (χ4n) is 4.94. The molecule has 0 saturated carbocycles. The van der Waals surface area contributed by atoms with E-state index in [0.717, 1.165) is 36.9 Å². The molecule has 0 aliphatic carbocycles. The number of hydrogen-bond donors (Lipinski definition) is 1. The average molecular weight is 518 g/mol. The Kier molecular flexibility index (Phi) is 7.30. The highest BCUT2D eigenvalue weighted by Crippen LogP contribution is 2.38. The normalized spacial score (nSPS) is 17.8. The van der Waals surface area contributed by atoms with Crippen molar-refractivity contribution >= 4 is 21.7 Å². The topological polar surface area (TPSA) is 117 Å². The summed E-state index contributed by atoms with van der Waals surface area (Å²) in [6.45, 7) is 8.61. The van der Waals surface area contributed by atoms with Gasteiger partial charge in [-0.05, 0) is 55.4 Å². The number of hydrogen-bond acceptors (Lipinski definition) is 7. The summed E-state index contributed by atoms with van der Waals surface area (Å²) in [5.41, 5.74) is 2.19. The Bertz CT molecular complexity index is 1240. The van der Waals surface area contributed by atoms with Crippen molar-refractivity contribution in [3.05, 3.63) is 46.8 Å². The molecular formula is C26H35N3O6S. The maximum absolute atomic E-state index is 13.0. The van der Waals surface area contributed by atoms with Crippen LogP contribution in [0.25, 0.3) is 0 Å². The molecule has 0 unspecified atom stereocenters. The van der Waals surface area contributed by atoms with Crippen LogP contribution in [0.3, 0.4) is 0 Å². The number of sulfone groups is 1. The molecule has 1 amide bonds. The van der Waals surface area contributed by atoms with Gasteiger partial charge in [0, 0.05) is 38.0 Å². The Morgan fingerprint density at radius 2 is 1.89 bits per heavy atom. The monoisotopic (exact) mass is 517 g/mol. The van der Waals surface area contributed by atoms with Crippen LogP contribution in [0.15, 0.2) is 29.2 Å². The van der Waals surface area contributed by atoms with Gasteiger partial charge in [-0.25, -0.2) is 13.2 Å². The van der Waals surface area contributed by atoms with E-state index in [9.17, 15) is 18.0 Å². The van der Waals surface area contributed by atoms with E-state index in [1.54, 1.807) is 0 Å². The first-order valence-electron chi connectivity index (χ1n) is 12.3. The standard InChI is InChI=1S/C26H35N3O6S/c1-5-20-22-21(14-26(15-27-23(22)30)10-12-34-13-11-26)29(28-20)16-25(2,3)17-35-24(31)18-6-8-19(9-7-18)36(4,32)33/h6-9H,5,10-17H2,1-4H3,(H,27,30). The molecule has 2 aliphatic rings. The van der Waals surface area contributed by atoms with Crippen molar-refractivity contribution in [2.24, 2.45) is 10.8 Å². The number of carbonyl (C=O) groups is 2. The third-order valence-corrected chi connectivity index (χ3v) is 8.23. The fourth-order valence-corrected chi connectivity index (χ4v) is 5.57. The summed E-state index contributed by atoms with van der Waals surface area (Å²) in [4.78, 5) is 25.8. The summed E-state index contributed by atoms with van der Waals surface area (Å²) in [5, 5.41) is 7.94. The number of amides is 1. The van der Waals surface area contributed by atoms with Gasteiger partial charge in [-0.2, -0.15) is 5.10 Å². The molecule has 10 heteroatoms. The maximum Gasteiger partial charge on any atom is 0.338 e. The van der Waals surface area contributed by atoms with E-state index in [1.165, 1.54) is 24.3 Å². The van der Waals surface area contributed by atoms with E-state index in [1.807, 2.05) is 25.5 Å². The quantitative estimate of drug-likeness (QED) is 0.562. The summed E-state index contributed by atoms with van der Waals surface area (Å²) < 4.78 is 36.4. The molecule has 3 heterocycles. The molecule has 1 N–H and O–H groups in total. The van der Waals surface area contributed by atoms with Crippen molar-refractivity contribution < 1.29 is 27.5 Å². The van der Waals surface area contributed by atoms with Crippen LogP contribution >= 0.6 is 0 Å². The maximum atomic E-state index is 13.0. The number of esters is 1.